The average molecular weight is 433 g/mol. The molecule has 0 unspecified atom stereocenters. The van der Waals surface area contributed by atoms with Crippen molar-refractivity contribution in [3.05, 3.63) is 41.7 Å². The van der Waals surface area contributed by atoms with E-state index in [4.69, 9.17) is 14.2 Å². The number of hydrogen-bond acceptors (Lipinski definition) is 7. The predicted octanol–water partition coefficient (Wildman–Crippen LogP) is 1.59. The molecule has 1 saturated heterocycles. The van der Waals surface area contributed by atoms with E-state index in [1.54, 1.807) is 24.3 Å². The van der Waals surface area contributed by atoms with Crippen molar-refractivity contribution in [1.29, 1.82) is 0 Å². The standard InChI is InChI=1S/C24H32O7/c1-29-22(19-15-8-13-7-14(10-15)11-16(19)9-13)24(28)20(26)18(12-25)31-23(21(24)27)30-17-5-3-2-4-6-17/h2-6,13-16,18,20-21,23,25-28H,7-12H2,1H3/t13?,14?,15?,16?,18-,20+,21+,23-,24+/m1/s1. The van der Waals surface area contributed by atoms with Gasteiger partial charge in [-0.05, 0) is 73.5 Å². The Bertz CT molecular complexity index is 794. The first-order valence-corrected chi connectivity index (χ1v) is 11.3. The van der Waals surface area contributed by atoms with Gasteiger partial charge in [0.05, 0.1) is 13.7 Å². The van der Waals surface area contributed by atoms with Gasteiger partial charge in [0, 0.05) is 0 Å². The first kappa shape index (κ1) is 21.2. The molecule has 4 saturated carbocycles. The minimum atomic E-state index is -2.15. The van der Waals surface area contributed by atoms with Gasteiger partial charge in [0.2, 0.25) is 6.29 Å². The Labute approximate surface area is 182 Å². The molecule has 6 rings (SSSR count). The summed E-state index contributed by atoms with van der Waals surface area (Å²) >= 11 is 0. The van der Waals surface area contributed by atoms with E-state index in [0.29, 0.717) is 29.4 Å². The fraction of sp³-hybridized carbons (Fsp3) is 0.667. The van der Waals surface area contributed by atoms with Gasteiger partial charge in [-0.15, -0.1) is 0 Å². The smallest absolute Gasteiger partial charge is 0.230 e. The molecule has 31 heavy (non-hydrogen) atoms. The van der Waals surface area contributed by atoms with Gasteiger partial charge in [0.25, 0.3) is 0 Å². The topological polar surface area (TPSA) is 109 Å². The number of allylic oxidation sites excluding steroid dienone is 1. The molecule has 170 valence electrons. The second kappa shape index (κ2) is 8.05. The van der Waals surface area contributed by atoms with E-state index in [1.807, 2.05) is 6.07 Å². The second-order valence-corrected chi connectivity index (χ2v) is 9.66. The van der Waals surface area contributed by atoms with Crippen molar-refractivity contribution in [2.45, 2.75) is 62.3 Å². The number of ether oxygens (including phenoxy) is 3. The number of hydrogen-bond donors (Lipinski definition) is 4. The molecule has 1 aliphatic heterocycles. The third kappa shape index (κ3) is 3.38. The molecule has 7 nitrogen and oxygen atoms in total. The highest BCUT2D eigenvalue weighted by Gasteiger charge is 2.61. The van der Waals surface area contributed by atoms with Crippen molar-refractivity contribution in [3.63, 3.8) is 0 Å². The number of para-hydroxylation sites is 1. The average Bonchev–Trinajstić information content (AvgIpc) is 2.77. The molecule has 1 heterocycles. The Morgan fingerprint density at radius 3 is 2.16 bits per heavy atom. The van der Waals surface area contributed by atoms with Gasteiger partial charge >= 0.3 is 0 Å². The normalized spacial score (nSPS) is 43.7. The zero-order valence-corrected chi connectivity index (χ0v) is 17.8. The van der Waals surface area contributed by atoms with Crippen molar-refractivity contribution >= 4 is 0 Å². The summed E-state index contributed by atoms with van der Waals surface area (Å²) in [7, 11) is 1.47. The summed E-state index contributed by atoms with van der Waals surface area (Å²) in [5.74, 6) is 2.68. The molecule has 7 heteroatoms. The highest BCUT2D eigenvalue weighted by atomic mass is 16.7. The summed E-state index contributed by atoms with van der Waals surface area (Å²) in [4.78, 5) is 0. The van der Waals surface area contributed by atoms with Crippen LogP contribution in [-0.4, -0.2) is 64.3 Å². The van der Waals surface area contributed by atoms with Gasteiger partial charge in [-0.2, -0.15) is 0 Å². The van der Waals surface area contributed by atoms with E-state index in [1.165, 1.54) is 13.5 Å². The van der Waals surface area contributed by atoms with Gasteiger partial charge in [0.15, 0.2) is 11.7 Å². The molecular weight excluding hydrogens is 400 g/mol. The summed E-state index contributed by atoms with van der Waals surface area (Å²) in [6, 6.07) is 8.82. The zero-order valence-electron chi connectivity index (χ0n) is 17.8. The minimum Gasteiger partial charge on any atom is -0.498 e. The summed E-state index contributed by atoms with van der Waals surface area (Å²) < 4.78 is 17.2. The van der Waals surface area contributed by atoms with Crippen LogP contribution in [0, 0.1) is 23.7 Å². The summed E-state index contributed by atoms with van der Waals surface area (Å²) in [5.41, 5.74) is -1.13. The lowest BCUT2D eigenvalue weighted by Gasteiger charge is -2.54. The number of benzene rings is 1. The van der Waals surface area contributed by atoms with Gasteiger partial charge < -0.3 is 34.6 Å². The maximum atomic E-state index is 11.8. The van der Waals surface area contributed by atoms with E-state index in [-0.39, 0.29) is 5.76 Å². The summed E-state index contributed by atoms with van der Waals surface area (Å²) in [5, 5.41) is 44.0. The molecule has 0 aromatic heterocycles. The lowest BCUT2D eigenvalue weighted by molar-refractivity contribution is -0.310. The van der Waals surface area contributed by atoms with E-state index < -0.39 is 36.8 Å². The van der Waals surface area contributed by atoms with Crippen LogP contribution in [0.5, 0.6) is 5.75 Å². The molecule has 5 fully saturated rings. The number of methoxy groups -OCH3 is 1. The van der Waals surface area contributed by atoms with Crippen LogP contribution in [0.15, 0.2) is 41.7 Å². The molecule has 4 aliphatic carbocycles. The van der Waals surface area contributed by atoms with Crippen LogP contribution in [0.1, 0.15) is 32.1 Å². The van der Waals surface area contributed by atoms with Crippen LogP contribution in [0.4, 0.5) is 0 Å². The van der Waals surface area contributed by atoms with Crippen molar-refractivity contribution in [2.75, 3.05) is 13.7 Å². The van der Waals surface area contributed by atoms with E-state index >= 15 is 0 Å². The summed E-state index contributed by atoms with van der Waals surface area (Å²) in [6.07, 6.45) is -0.0789. The van der Waals surface area contributed by atoms with Crippen LogP contribution in [-0.2, 0) is 9.47 Å². The molecule has 1 aromatic rings. The van der Waals surface area contributed by atoms with Crippen LogP contribution in [0.25, 0.3) is 0 Å². The van der Waals surface area contributed by atoms with E-state index in [0.717, 1.165) is 31.3 Å². The number of aliphatic hydroxyl groups excluding tert-OH is 3. The highest BCUT2D eigenvalue weighted by Crippen LogP contribution is 2.58. The van der Waals surface area contributed by atoms with Crippen LogP contribution >= 0.6 is 0 Å². The molecule has 4 N–H and O–H groups in total. The Hall–Kier alpha value is -1.64. The van der Waals surface area contributed by atoms with Crippen molar-refractivity contribution in [1.82, 2.24) is 0 Å². The van der Waals surface area contributed by atoms with Gasteiger partial charge in [0.1, 0.15) is 23.7 Å². The molecule has 0 spiro atoms. The third-order valence-electron chi connectivity index (χ3n) is 7.84. The largest absolute Gasteiger partial charge is 0.498 e. The monoisotopic (exact) mass is 432 g/mol. The van der Waals surface area contributed by atoms with E-state index in [9.17, 15) is 20.4 Å². The first-order chi connectivity index (χ1) is 15.0. The molecule has 0 amide bonds. The number of rotatable bonds is 5. The SMILES string of the molecule is COC(=C1C2CC3CC(C2)CC1C3)[C@@]1(O)[C@@H](O)[C@H](Oc2ccccc2)O[C@H](CO)[C@@H]1O. The predicted molar refractivity (Wildman–Crippen MR) is 111 cm³/mol. The van der Waals surface area contributed by atoms with Gasteiger partial charge in [-0.1, -0.05) is 18.2 Å². The number of aliphatic hydroxyl groups is 4. The van der Waals surface area contributed by atoms with Crippen LogP contribution in [0.2, 0.25) is 0 Å². The first-order valence-electron chi connectivity index (χ1n) is 11.3. The zero-order chi connectivity index (χ0) is 21.8. The molecule has 1 aromatic carbocycles. The minimum absolute atomic E-state index is 0.227. The lowest BCUT2D eigenvalue weighted by atomic mass is 9.53. The maximum Gasteiger partial charge on any atom is 0.230 e. The lowest BCUT2D eigenvalue weighted by Crippen LogP contribution is -2.69. The molecule has 5 atom stereocenters. The van der Waals surface area contributed by atoms with E-state index in [2.05, 4.69) is 0 Å². The maximum absolute atomic E-state index is 11.8. The Morgan fingerprint density at radius 2 is 1.61 bits per heavy atom. The Kier molecular flexibility index (Phi) is 5.51. The molecule has 5 aliphatic rings. The van der Waals surface area contributed by atoms with Crippen molar-refractivity contribution in [3.8, 4) is 5.75 Å². The highest BCUT2D eigenvalue weighted by molar-refractivity contribution is 5.33. The van der Waals surface area contributed by atoms with Crippen LogP contribution < -0.4 is 4.74 Å². The quantitative estimate of drug-likeness (QED) is 0.523. The molecular formula is C24H32O7. The molecule has 0 radical (unpaired) electrons. The second-order valence-electron chi connectivity index (χ2n) is 9.66. The third-order valence-corrected chi connectivity index (χ3v) is 7.84. The van der Waals surface area contributed by atoms with Crippen LogP contribution in [0.3, 0.4) is 0 Å². The summed E-state index contributed by atoms with van der Waals surface area (Å²) in [6.45, 7) is -0.534. The Morgan fingerprint density at radius 1 is 1.00 bits per heavy atom. The van der Waals surface area contributed by atoms with Gasteiger partial charge in [-0.25, -0.2) is 0 Å². The fourth-order valence-electron chi connectivity index (χ4n) is 6.70. The van der Waals surface area contributed by atoms with Crippen molar-refractivity contribution < 1.29 is 34.6 Å². The molecule has 4 bridgehead atoms. The fourth-order valence-corrected chi connectivity index (χ4v) is 6.70. The van der Waals surface area contributed by atoms with Crippen molar-refractivity contribution in [2.24, 2.45) is 23.7 Å². The van der Waals surface area contributed by atoms with Gasteiger partial charge in [-0.3, -0.25) is 0 Å². The Balaban J connectivity index is 1.54.